The predicted octanol–water partition coefficient (Wildman–Crippen LogP) is 4.28. The van der Waals surface area contributed by atoms with Crippen LogP contribution < -0.4 is 10.6 Å². The Hall–Kier alpha value is -3.47. The van der Waals surface area contributed by atoms with Gasteiger partial charge in [0.1, 0.15) is 5.69 Å². The fraction of sp³-hybridized carbons (Fsp3) is 0.0500. The Balaban J connectivity index is 1.68. The molecule has 5 nitrogen and oxygen atoms in total. The third-order valence-corrected chi connectivity index (χ3v) is 3.59. The minimum Gasteiger partial charge on any atom is -0.354 e. The van der Waals surface area contributed by atoms with E-state index in [1.54, 1.807) is 42.6 Å². The zero-order valence-electron chi connectivity index (χ0n) is 13.7. The van der Waals surface area contributed by atoms with Crippen molar-refractivity contribution in [2.75, 3.05) is 10.6 Å². The molecule has 0 aliphatic carbocycles. The summed E-state index contributed by atoms with van der Waals surface area (Å²) >= 11 is 0. The first kappa shape index (κ1) is 16.4. The Morgan fingerprint density at radius 3 is 2.28 bits per heavy atom. The molecule has 2 N–H and O–H groups in total. The number of benzene rings is 2. The zero-order chi connectivity index (χ0) is 17.6. The Morgan fingerprint density at radius 1 is 0.840 bits per heavy atom. The van der Waals surface area contributed by atoms with Crippen LogP contribution in [0.2, 0.25) is 0 Å². The van der Waals surface area contributed by atoms with Crippen LogP contribution in [0.5, 0.6) is 0 Å². The molecule has 0 spiro atoms. The van der Waals surface area contributed by atoms with E-state index in [1.165, 1.54) is 6.92 Å². The summed E-state index contributed by atoms with van der Waals surface area (Å²) in [4.78, 5) is 27.9. The Labute approximate surface area is 145 Å². The van der Waals surface area contributed by atoms with Crippen LogP contribution >= 0.6 is 0 Å². The molecule has 3 aromatic rings. The molecular formula is C20H17N3O2. The van der Waals surface area contributed by atoms with E-state index in [0.29, 0.717) is 16.9 Å². The van der Waals surface area contributed by atoms with E-state index in [9.17, 15) is 9.59 Å². The van der Waals surface area contributed by atoms with Crippen LogP contribution in [0.25, 0.3) is 0 Å². The number of aromatic nitrogens is 1. The van der Waals surface area contributed by atoms with E-state index in [2.05, 4.69) is 15.6 Å². The molecule has 124 valence electrons. The monoisotopic (exact) mass is 331 g/mol. The van der Waals surface area contributed by atoms with Gasteiger partial charge in [0.2, 0.25) is 0 Å². The SMILES string of the molecule is CC(=O)c1cccc(NC(=O)c2ccc(Nc3ccccc3)cn2)c1. The van der Waals surface area contributed by atoms with Gasteiger partial charge in [-0.05, 0) is 43.3 Å². The number of pyridine rings is 1. The highest BCUT2D eigenvalue weighted by atomic mass is 16.2. The maximum absolute atomic E-state index is 12.3. The van der Waals surface area contributed by atoms with Gasteiger partial charge in [-0.3, -0.25) is 9.59 Å². The maximum atomic E-state index is 12.3. The highest BCUT2D eigenvalue weighted by Crippen LogP contribution is 2.16. The van der Waals surface area contributed by atoms with Gasteiger partial charge in [-0.15, -0.1) is 0 Å². The van der Waals surface area contributed by atoms with E-state index in [-0.39, 0.29) is 11.7 Å². The number of ketones is 1. The molecular weight excluding hydrogens is 314 g/mol. The smallest absolute Gasteiger partial charge is 0.274 e. The Morgan fingerprint density at radius 2 is 1.60 bits per heavy atom. The van der Waals surface area contributed by atoms with Crippen LogP contribution in [-0.4, -0.2) is 16.7 Å². The minimum absolute atomic E-state index is 0.0504. The topological polar surface area (TPSA) is 71.1 Å². The fourth-order valence-electron chi connectivity index (χ4n) is 2.30. The summed E-state index contributed by atoms with van der Waals surface area (Å²) in [6.45, 7) is 1.49. The summed E-state index contributed by atoms with van der Waals surface area (Å²) in [5.74, 6) is -0.377. The van der Waals surface area contributed by atoms with Crippen molar-refractivity contribution in [3.05, 3.63) is 84.2 Å². The van der Waals surface area contributed by atoms with E-state index in [4.69, 9.17) is 0 Å². The molecule has 0 atom stereocenters. The first-order valence-corrected chi connectivity index (χ1v) is 7.82. The third kappa shape index (κ3) is 4.29. The lowest BCUT2D eigenvalue weighted by molar-refractivity contribution is 0.100. The molecule has 0 bridgehead atoms. The number of para-hydroxylation sites is 1. The van der Waals surface area contributed by atoms with Crippen molar-refractivity contribution >= 4 is 28.8 Å². The first-order valence-electron chi connectivity index (χ1n) is 7.82. The molecule has 1 aromatic heterocycles. The quantitative estimate of drug-likeness (QED) is 0.685. The number of Topliss-reactive ketones (excluding diaryl/α,β-unsaturated/α-hetero) is 1. The summed E-state index contributed by atoms with van der Waals surface area (Å²) in [6.07, 6.45) is 1.61. The second kappa shape index (κ2) is 7.40. The van der Waals surface area contributed by atoms with E-state index in [1.807, 2.05) is 30.3 Å². The van der Waals surface area contributed by atoms with Crippen molar-refractivity contribution in [3.63, 3.8) is 0 Å². The van der Waals surface area contributed by atoms with E-state index < -0.39 is 0 Å². The molecule has 1 heterocycles. The summed E-state index contributed by atoms with van der Waals surface area (Å²) in [5, 5.41) is 5.96. The molecule has 3 rings (SSSR count). The summed E-state index contributed by atoms with van der Waals surface area (Å²) < 4.78 is 0. The molecule has 0 aliphatic rings. The third-order valence-electron chi connectivity index (χ3n) is 3.59. The maximum Gasteiger partial charge on any atom is 0.274 e. The number of nitrogens with zero attached hydrogens (tertiary/aromatic N) is 1. The molecule has 0 saturated carbocycles. The molecule has 0 saturated heterocycles. The molecule has 0 fully saturated rings. The number of amides is 1. The van der Waals surface area contributed by atoms with Gasteiger partial charge < -0.3 is 10.6 Å². The average Bonchev–Trinajstić information content (AvgIpc) is 2.63. The van der Waals surface area contributed by atoms with Gasteiger partial charge >= 0.3 is 0 Å². The summed E-state index contributed by atoms with van der Waals surface area (Å²) in [7, 11) is 0. The van der Waals surface area contributed by atoms with Gasteiger partial charge in [0, 0.05) is 16.9 Å². The minimum atomic E-state index is -0.327. The van der Waals surface area contributed by atoms with Crippen LogP contribution in [0.1, 0.15) is 27.8 Å². The average molecular weight is 331 g/mol. The molecule has 0 radical (unpaired) electrons. The number of carbonyl (C=O) groups is 2. The van der Waals surface area contributed by atoms with Gasteiger partial charge in [-0.25, -0.2) is 4.98 Å². The van der Waals surface area contributed by atoms with Crippen LogP contribution in [0.3, 0.4) is 0 Å². The van der Waals surface area contributed by atoms with Crippen molar-refractivity contribution in [3.8, 4) is 0 Å². The van der Waals surface area contributed by atoms with E-state index >= 15 is 0 Å². The lowest BCUT2D eigenvalue weighted by Gasteiger charge is -2.08. The van der Waals surface area contributed by atoms with Crippen LogP contribution in [-0.2, 0) is 0 Å². The number of carbonyl (C=O) groups excluding carboxylic acids is 2. The highest BCUT2D eigenvalue weighted by Gasteiger charge is 2.09. The van der Waals surface area contributed by atoms with Crippen molar-refractivity contribution in [1.82, 2.24) is 4.98 Å². The van der Waals surface area contributed by atoms with Gasteiger partial charge in [-0.1, -0.05) is 30.3 Å². The van der Waals surface area contributed by atoms with Crippen LogP contribution in [0.15, 0.2) is 72.9 Å². The van der Waals surface area contributed by atoms with Crippen molar-refractivity contribution in [2.24, 2.45) is 0 Å². The molecule has 25 heavy (non-hydrogen) atoms. The molecule has 0 unspecified atom stereocenters. The number of anilines is 3. The van der Waals surface area contributed by atoms with Crippen LogP contribution in [0, 0.1) is 0 Å². The number of hydrogen-bond donors (Lipinski definition) is 2. The lowest BCUT2D eigenvalue weighted by Crippen LogP contribution is -2.14. The van der Waals surface area contributed by atoms with Gasteiger partial charge in [0.15, 0.2) is 5.78 Å². The van der Waals surface area contributed by atoms with Crippen molar-refractivity contribution in [2.45, 2.75) is 6.92 Å². The summed E-state index contributed by atoms with van der Waals surface area (Å²) in [5.41, 5.74) is 3.15. The number of rotatable bonds is 5. The predicted molar refractivity (Wildman–Crippen MR) is 98.4 cm³/mol. The van der Waals surface area contributed by atoms with Gasteiger partial charge in [0.25, 0.3) is 5.91 Å². The summed E-state index contributed by atoms with van der Waals surface area (Å²) in [6, 6.07) is 20.0. The molecule has 1 amide bonds. The van der Waals surface area contributed by atoms with Crippen molar-refractivity contribution in [1.29, 1.82) is 0 Å². The lowest BCUT2D eigenvalue weighted by atomic mass is 10.1. The zero-order valence-corrected chi connectivity index (χ0v) is 13.7. The molecule has 0 aliphatic heterocycles. The standard InChI is InChI=1S/C20H17N3O2/c1-14(24)15-6-5-9-17(12-15)23-20(25)19-11-10-18(13-21-19)22-16-7-3-2-4-8-16/h2-13,22H,1H3,(H,23,25). The second-order valence-electron chi connectivity index (χ2n) is 5.51. The van der Waals surface area contributed by atoms with Crippen molar-refractivity contribution < 1.29 is 9.59 Å². The Kier molecular flexibility index (Phi) is 4.85. The Bertz CT molecular complexity index is 890. The highest BCUT2D eigenvalue weighted by molar-refractivity contribution is 6.04. The van der Waals surface area contributed by atoms with Gasteiger partial charge in [0.05, 0.1) is 11.9 Å². The fourth-order valence-corrected chi connectivity index (χ4v) is 2.30. The second-order valence-corrected chi connectivity index (χ2v) is 5.51. The molecule has 5 heteroatoms. The van der Waals surface area contributed by atoms with Crippen LogP contribution in [0.4, 0.5) is 17.1 Å². The normalized spacial score (nSPS) is 10.1. The first-order chi connectivity index (χ1) is 12.1. The van der Waals surface area contributed by atoms with E-state index in [0.717, 1.165) is 11.4 Å². The number of hydrogen-bond acceptors (Lipinski definition) is 4. The number of nitrogens with one attached hydrogen (secondary N) is 2. The molecule has 2 aromatic carbocycles. The van der Waals surface area contributed by atoms with Gasteiger partial charge in [-0.2, -0.15) is 0 Å². The largest absolute Gasteiger partial charge is 0.354 e.